The Bertz CT molecular complexity index is 1320. The molecule has 1 N–H and O–H groups in total. The summed E-state index contributed by atoms with van der Waals surface area (Å²) in [5.74, 6) is -3.57. The highest BCUT2D eigenvalue weighted by atomic mass is 32.2. The number of pyridine rings is 2. The molecule has 0 bridgehead atoms. The molecule has 1 saturated heterocycles. The van der Waals surface area contributed by atoms with Gasteiger partial charge in [-0.1, -0.05) is 0 Å². The molecular weight excluding hydrogens is 447 g/mol. The number of benzene rings is 1. The number of aromatic carboxylic acids is 1. The zero-order valence-corrected chi connectivity index (χ0v) is 17.7. The van der Waals surface area contributed by atoms with Crippen LogP contribution in [0.2, 0.25) is 0 Å². The number of aryl methyl sites for hydroxylation is 1. The maximum atomic E-state index is 15.0. The van der Waals surface area contributed by atoms with Crippen molar-refractivity contribution in [2.45, 2.75) is 30.8 Å². The molecule has 7 nitrogen and oxygen atoms in total. The molecule has 1 aliphatic rings. The van der Waals surface area contributed by atoms with Crippen molar-refractivity contribution < 1.29 is 31.5 Å². The van der Waals surface area contributed by atoms with E-state index >= 15 is 0 Å². The van der Waals surface area contributed by atoms with Crippen LogP contribution in [0.15, 0.2) is 35.2 Å². The van der Waals surface area contributed by atoms with Crippen LogP contribution in [-0.2, 0) is 10.0 Å². The molecule has 0 amide bonds. The van der Waals surface area contributed by atoms with E-state index in [0.717, 1.165) is 4.31 Å². The Kier molecular flexibility index (Phi) is 5.63. The number of sulfonamides is 1. The van der Waals surface area contributed by atoms with Crippen LogP contribution in [0.5, 0.6) is 0 Å². The molecule has 0 unspecified atom stereocenters. The van der Waals surface area contributed by atoms with E-state index in [9.17, 15) is 26.4 Å². The van der Waals surface area contributed by atoms with Gasteiger partial charge < -0.3 is 5.11 Å². The molecule has 0 saturated carbocycles. The second-order valence-electron chi connectivity index (χ2n) is 7.54. The lowest BCUT2D eigenvalue weighted by Gasteiger charge is -2.28. The van der Waals surface area contributed by atoms with Crippen LogP contribution in [0.1, 0.15) is 28.9 Å². The number of carboxylic acids is 1. The summed E-state index contributed by atoms with van der Waals surface area (Å²) in [6, 6.07) is 5.62. The topological polar surface area (TPSA) is 100 Å². The van der Waals surface area contributed by atoms with Crippen molar-refractivity contribution in [1.82, 2.24) is 14.3 Å². The van der Waals surface area contributed by atoms with Gasteiger partial charge in [-0.25, -0.2) is 36.4 Å². The van der Waals surface area contributed by atoms with Crippen molar-refractivity contribution in [3.8, 4) is 11.3 Å². The predicted molar refractivity (Wildman–Crippen MR) is 109 cm³/mol. The number of hydrogen-bond acceptors (Lipinski definition) is 5. The van der Waals surface area contributed by atoms with Gasteiger partial charge >= 0.3 is 5.97 Å². The van der Waals surface area contributed by atoms with Gasteiger partial charge in [0.25, 0.3) is 0 Å². The first-order valence-corrected chi connectivity index (χ1v) is 11.2. The van der Waals surface area contributed by atoms with Crippen LogP contribution in [0.3, 0.4) is 0 Å². The van der Waals surface area contributed by atoms with Crippen molar-refractivity contribution >= 4 is 27.0 Å². The van der Waals surface area contributed by atoms with Crippen molar-refractivity contribution in [2.75, 3.05) is 13.1 Å². The number of fused-ring (bicyclic) bond motifs is 1. The molecule has 3 aromatic rings. The Hall–Kier alpha value is -3.05. The third kappa shape index (κ3) is 3.93. The second-order valence-corrected chi connectivity index (χ2v) is 9.48. The molecule has 32 heavy (non-hydrogen) atoms. The van der Waals surface area contributed by atoms with Crippen molar-refractivity contribution in [3.05, 3.63) is 53.2 Å². The standard InChI is InChI=1S/C21H18F3N3O4S/c1-11-8-18(26-20-14(11)2-3-17(25-20)21(28)29)19-15(23)9-13(10-16(19)24)32(30,31)27-6-4-12(22)5-7-27/h2-3,8-10,12H,4-7H2,1H3,(H,28,29). The van der Waals surface area contributed by atoms with E-state index in [4.69, 9.17) is 5.11 Å². The molecule has 0 atom stereocenters. The molecule has 1 aromatic carbocycles. The average Bonchev–Trinajstić information content (AvgIpc) is 2.73. The van der Waals surface area contributed by atoms with Crippen molar-refractivity contribution in [2.24, 2.45) is 0 Å². The van der Waals surface area contributed by atoms with E-state index in [1.54, 1.807) is 6.92 Å². The fourth-order valence-electron chi connectivity index (χ4n) is 3.68. The van der Waals surface area contributed by atoms with E-state index in [1.165, 1.54) is 18.2 Å². The minimum absolute atomic E-state index is 0.00973. The number of piperidine rings is 1. The van der Waals surface area contributed by atoms with Crippen LogP contribution in [0.25, 0.3) is 22.3 Å². The molecule has 1 aliphatic heterocycles. The summed E-state index contributed by atoms with van der Waals surface area (Å²) in [6.07, 6.45) is -1.06. The Morgan fingerprint density at radius 2 is 1.72 bits per heavy atom. The number of rotatable bonds is 4. The van der Waals surface area contributed by atoms with E-state index in [0.29, 0.717) is 23.1 Å². The summed E-state index contributed by atoms with van der Waals surface area (Å²) in [5, 5.41) is 9.63. The number of carbonyl (C=O) groups is 1. The summed E-state index contributed by atoms with van der Waals surface area (Å²) < 4.78 is 69.8. The van der Waals surface area contributed by atoms with Gasteiger partial charge in [0, 0.05) is 18.5 Å². The Balaban J connectivity index is 1.78. The van der Waals surface area contributed by atoms with Crippen LogP contribution in [-0.4, -0.2) is 53.0 Å². The molecule has 11 heteroatoms. The van der Waals surface area contributed by atoms with Gasteiger partial charge in [0.05, 0.1) is 16.2 Å². The highest BCUT2D eigenvalue weighted by molar-refractivity contribution is 7.89. The minimum atomic E-state index is -4.20. The normalized spacial score (nSPS) is 15.9. The van der Waals surface area contributed by atoms with Crippen LogP contribution < -0.4 is 0 Å². The molecule has 0 spiro atoms. The monoisotopic (exact) mass is 465 g/mol. The number of halogens is 3. The van der Waals surface area contributed by atoms with Gasteiger partial charge in [-0.2, -0.15) is 4.31 Å². The molecule has 1 fully saturated rings. The van der Waals surface area contributed by atoms with Gasteiger partial charge in [-0.3, -0.25) is 0 Å². The highest BCUT2D eigenvalue weighted by Gasteiger charge is 2.31. The Morgan fingerprint density at radius 3 is 2.31 bits per heavy atom. The fourth-order valence-corrected chi connectivity index (χ4v) is 5.17. The largest absolute Gasteiger partial charge is 0.477 e. The van der Waals surface area contributed by atoms with Crippen LogP contribution >= 0.6 is 0 Å². The average molecular weight is 465 g/mol. The Labute approximate surface area is 181 Å². The van der Waals surface area contributed by atoms with Crippen molar-refractivity contribution in [1.29, 1.82) is 0 Å². The molecule has 0 aliphatic carbocycles. The third-order valence-electron chi connectivity index (χ3n) is 5.39. The van der Waals surface area contributed by atoms with Gasteiger partial charge in [0.2, 0.25) is 10.0 Å². The molecule has 3 heterocycles. The minimum Gasteiger partial charge on any atom is -0.477 e. The molecular formula is C21H18F3N3O4S. The van der Waals surface area contributed by atoms with E-state index in [1.807, 2.05) is 0 Å². The number of nitrogens with zero attached hydrogens (tertiary/aromatic N) is 3. The second kappa shape index (κ2) is 8.14. The van der Waals surface area contributed by atoms with E-state index < -0.39 is 44.3 Å². The summed E-state index contributed by atoms with van der Waals surface area (Å²) in [4.78, 5) is 18.6. The van der Waals surface area contributed by atoms with Gasteiger partial charge in [-0.15, -0.1) is 0 Å². The lowest BCUT2D eigenvalue weighted by molar-refractivity contribution is 0.0691. The molecule has 0 radical (unpaired) electrons. The number of aromatic nitrogens is 2. The van der Waals surface area contributed by atoms with Crippen molar-refractivity contribution in [3.63, 3.8) is 0 Å². The van der Waals surface area contributed by atoms with Gasteiger partial charge in [-0.05, 0) is 55.7 Å². The Morgan fingerprint density at radius 1 is 1.09 bits per heavy atom. The maximum Gasteiger partial charge on any atom is 0.354 e. The summed E-state index contributed by atoms with van der Waals surface area (Å²) in [5.41, 5.74) is -0.439. The first-order valence-electron chi connectivity index (χ1n) is 9.73. The fraction of sp³-hybridized carbons (Fsp3) is 0.286. The zero-order chi connectivity index (χ0) is 23.2. The van der Waals surface area contributed by atoms with Gasteiger partial charge in [0.15, 0.2) is 11.3 Å². The predicted octanol–water partition coefficient (Wildman–Crippen LogP) is 3.70. The SMILES string of the molecule is Cc1cc(-c2c(F)cc(S(=O)(=O)N3CCC(F)CC3)cc2F)nc2nc(C(=O)O)ccc12. The third-order valence-corrected chi connectivity index (χ3v) is 7.27. The molecule has 2 aromatic heterocycles. The first-order chi connectivity index (χ1) is 15.1. The summed E-state index contributed by atoms with van der Waals surface area (Å²) >= 11 is 0. The lowest BCUT2D eigenvalue weighted by Crippen LogP contribution is -2.39. The number of hydrogen-bond donors (Lipinski definition) is 1. The molecule has 4 rings (SSSR count). The first kappa shape index (κ1) is 22.2. The summed E-state index contributed by atoms with van der Waals surface area (Å²) in [6.45, 7) is 1.51. The quantitative estimate of drug-likeness (QED) is 0.631. The summed E-state index contributed by atoms with van der Waals surface area (Å²) in [7, 11) is -4.20. The lowest BCUT2D eigenvalue weighted by atomic mass is 10.1. The highest BCUT2D eigenvalue weighted by Crippen LogP contribution is 2.31. The maximum absolute atomic E-state index is 15.0. The smallest absolute Gasteiger partial charge is 0.354 e. The van der Waals surface area contributed by atoms with Gasteiger partial charge in [0.1, 0.15) is 17.8 Å². The van der Waals surface area contributed by atoms with E-state index in [2.05, 4.69) is 9.97 Å². The van der Waals surface area contributed by atoms with Crippen LogP contribution in [0, 0.1) is 18.6 Å². The van der Waals surface area contributed by atoms with E-state index in [-0.39, 0.29) is 43.0 Å². The number of alkyl halides is 1. The van der Waals surface area contributed by atoms with Crippen LogP contribution in [0.4, 0.5) is 13.2 Å². The number of carboxylic acid groups (broad SMARTS) is 1. The zero-order valence-electron chi connectivity index (χ0n) is 16.8. The molecule has 168 valence electrons.